The molecule has 0 N–H and O–H groups in total. The van der Waals surface area contributed by atoms with E-state index < -0.39 is 10.4 Å². The lowest BCUT2D eigenvalue weighted by molar-refractivity contribution is -0.740. The fourth-order valence-electron chi connectivity index (χ4n) is 2.48. The molecule has 0 aliphatic heterocycles. The van der Waals surface area contributed by atoms with Crippen molar-refractivity contribution in [2.75, 3.05) is 7.11 Å². The van der Waals surface area contributed by atoms with Gasteiger partial charge in [-0.05, 0) is 30.3 Å². The van der Waals surface area contributed by atoms with Crippen molar-refractivity contribution in [2.24, 2.45) is 14.1 Å². The smallest absolute Gasteiger partial charge is 0.239 e. The van der Waals surface area contributed by atoms with E-state index >= 15 is 0 Å². The monoisotopic (exact) mass is 396 g/mol. The molecule has 0 fully saturated rings. The van der Waals surface area contributed by atoms with Gasteiger partial charge in [0.05, 0.1) is 19.7 Å². The lowest BCUT2D eigenvalue weighted by Crippen LogP contribution is -2.39. The molecule has 0 saturated carbocycles. The lowest BCUT2D eigenvalue weighted by Gasteiger charge is -2.00. The third-order valence-corrected chi connectivity index (χ3v) is 4.27. The molecular weight excluding hydrogens is 378 g/mol. The van der Waals surface area contributed by atoms with Crippen molar-refractivity contribution < 1.29 is 30.6 Å². The Morgan fingerprint density at radius 1 is 1.00 bits per heavy atom. The van der Waals surface area contributed by atoms with E-state index in [0.717, 1.165) is 29.6 Å². The molecule has 3 rings (SSSR count). The highest BCUT2D eigenvalue weighted by Crippen LogP contribution is 2.25. The van der Waals surface area contributed by atoms with Crippen LogP contribution in [0.3, 0.4) is 0 Å². The van der Waals surface area contributed by atoms with Crippen LogP contribution in [0.15, 0.2) is 54.6 Å². The highest BCUT2D eigenvalue weighted by Gasteiger charge is 2.20. The van der Waals surface area contributed by atoms with Crippen molar-refractivity contribution in [1.29, 1.82) is 0 Å². The third kappa shape index (κ3) is 5.43. The largest absolute Gasteiger partial charge is 0.726 e. The van der Waals surface area contributed by atoms with Crippen molar-refractivity contribution in [3.63, 3.8) is 0 Å². The Morgan fingerprint density at radius 2 is 1.48 bits per heavy atom. The zero-order chi connectivity index (χ0) is 20.2. The van der Waals surface area contributed by atoms with Crippen LogP contribution in [0.5, 0.6) is 0 Å². The Hall–Kier alpha value is -2.62. The fourth-order valence-corrected chi connectivity index (χ4v) is 2.48. The molecule has 0 bridgehead atoms. The van der Waals surface area contributed by atoms with Gasteiger partial charge in [0.1, 0.15) is 17.3 Å². The number of benzene rings is 2. The fraction of sp³-hybridized carbons (Fsp3) is 0.167. The average Bonchev–Trinajstić information content (AvgIpc) is 2.90. The zero-order valence-corrected chi connectivity index (χ0v) is 15.7. The van der Waals surface area contributed by atoms with Crippen molar-refractivity contribution in [2.45, 2.75) is 0 Å². The Kier molecular flexibility index (Phi) is 6.42. The summed E-state index contributed by atoms with van der Waals surface area (Å²) in [7, 11) is 0.180. The van der Waals surface area contributed by atoms with Gasteiger partial charge in [0, 0.05) is 11.6 Å². The highest BCUT2D eigenvalue weighted by atomic mass is 32.3. The maximum absolute atomic E-state index is 13.4. The van der Waals surface area contributed by atoms with Crippen LogP contribution in [-0.4, -0.2) is 24.8 Å². The minimum atomic E-state index is -4.41. The Bertz CT molecular complexity index is 983. The molecule has 0 saturated heterocycles. The van der Waals surface area contributed by atoms with Gasteiger partial charge in [0.2, 0.25) is 16.1 Å². The summed E-state index contributed by atoms with van der Waals surface area (Å²) in [5, 5.41) is 0. The van der Waals surface area contributed by atoms with E-state index in [1.54, 1.807) is 12.1 Å². The predicted molar refractivity (Wildman–Crippen MR) is 94.1 cm³/mol. The highest BCUT2D eigenvalue weighted by molar-refractivity contribution is 7.80. The molecule has 0 spiro atoms. The second-order valence-corrected chi connectivity index (χ2v) is 6.71. The number of nitrogens with zero attached hydrogens (tertiary/aromatic N) is 2. The molecule has 0 aliphatic carbocycles. The second-order valence-electron chi connectivity index (χ2n) is 5.56. The van der Waals surface area contributed by atoms with Crippen LogP contribution in [0.2, 0.25) is 0 Å². The minimum absolute atomic E-state index is 0.274. The lowest BCUT2D eigenvalue weighted by atomic mass is 10.1. The van der Waals surface area contributed by atoms with Crippen LogP contribution in [0.4, 0.5) is 8.78 Å². The standard InChI is InChI=1S/C17H15F2N2.CH4O4S/c1-20-16(12-5-3-7-14(18)9-12)11-17(21(20)2)13-6-4-8-15(19)10-13;1-5-6(2,3)4/h3-11H,1-2H3;1H3,(H,2,3,4)/q+1;/p-1. The van der Waals surface area contributed by atoms with Crippen molar-refractivity contribution >= 4 is 10.4 Å². The molecule has 0 atom stereocenters. The van der Waals surface area contributed by atoms with Crippen LogP contribution >= 0.6 is 0 Å². The molecule has 0 radical (unpaired) electrons. The molecule has 1 aromatic heterocycles. The van der Waals surface area contributed by atoms with Gasteiger partial charge in [-0.15, -0.1) is 4.68 Å². The summed E-state index contributed by atoms with van der Waals surface area (Å²) in [6.45, 7) is 0. The second kappa shape index (κ2) is 8.38. The predicted octanol–water partition coefficient (Wildman–Crippen LogP) is 2.55. The summed E-state index contributed by atoms with van der Waals surface area (Å²) in [6, 6.07) is 14.8. The van der Waals surface area contributed by atoms with Gasteiger partial charge in [-0.3, -0.25) is 4.18 Å². The molecule has 27 heavy (non-hydrogen) atoms. The number of hydrogen-bond donors (Lipinski definition) is 0. The first kappa shape index (κ1) is 20.7. The van der Waals surface area contributed by atoms with Crippen LogP contribution in [0, 0.1) is 11.6 Å². The number of rotatable bonds is 3. The molecular formula is C18H18F2N2O4S. The zero-order valence-electron chi connectivity index (χ0n) is 14.9. The van der Waals surface area contributed by atoms with Gasteiger partial charge < -0.3 is 4.55 Å². The first-order valence-electron chi connectivity index (χ1n) is 7.71. The van der Waals surface area contributed by atoms with Gasteiger partial charge in [-0.2, -0.15) is 4.68 Å². The van der Waals surface area contributed by atoms with Gasteiger partial charge in [0.15, 0.2) is 7.05 Å². The van der Waals surface area contributed by atoms with Crippen molar-refractivity contribution in [3.05, 3.63) is 66.2 Å². The number of aromatic nitrogens is 2. The van der Waals surface area contributed by atoms with E-state index in [0.29, 0.717) is 0 Å². The summed E-state index contributed by atoms with van der Waals surface area (Å²) < 4.78 is 61.6. The molecule has 6 nitrogen and oxygen atoms in total. The molecule has 0 unspecified atom stereocenters. The van der Waals surface area contributed by atoms with Gasteiger partial charge in [0.25, 0.3) is 0 Å². The minimum Gasteiger partial charge on any atom is -0.726 e. The quantitative estimate of drug-likeness (QED) is 0.387. The first-order chi connectivity index (χ1) is 12.6. The van der Waals surface area contributed by atoms with Gasteiger partial charge in [-0.25, -0.2) is 17.2 Å². The molecule has 9 heteroatoms. The van der Waals surface area contributed by atoms with E-state index in [1.807, 2.05) is 41.7 Å². The molecule has 3 aromatic rings. The third-order valence-electron chi connectivity index (χ3n) is 3.87. The molecule has 144 valence electrons. The summed E-state index contributed by atoms with van der Waals surface area (Å²) in [4.78, 5) is 0. The maximum Gasteiger partial charge on any atom is 0.239 e. The number of hydrogen-bond acceptors (Lipinski definition) is 4. The van der Waals surface area contributed by atoms with E-state index in [4.69, 9.17) is 0 Å². The SMILES string of the molecule is COS(=O)(=O)[O-].Cn1c(-c2cccc(F)c2)cc(-c2cccc(F)c2)[n+]1C. The van der Waals surface area contributed by atoms with E-state index in [-0.39, 0.29) is 11.6 Å². The topological polar surface area (TPSA) is 75.2 Å². The van der Waals surface area contributed by atoms with E-state index in [2.05, 4.69) is 4.18 Å². The summed E-state index contributed by atoms with van der Waals surface area (Å²) >= 11 is 0. The summed E-state index contributed by atoms with van der Waals surface area (Å²) in [6.07, 6.45) is 0. The normalized spacial score (nSPS) is 11.0. The maximum atomic E-state index is 13.4. The summed E-state index contributed by atoms with van der Waals surface area (Å²) in [5.74, 6) is -0.549. The number of halogens is 2. The first-order valence-corrected chi connectivity index (χ1v) is 9.05. The van der Waals surface area contributed by atoms with Crippen molar-refractivity contribution in [3.8, 4) is 22.5 Å². The van der Waals surface area contributed by atoms with E-state index in [9.17, 15) is 21.8 Å². The van der Waals surface area contributed by atoms with Crippen molar-refractivity contribution in [1.82, 2.24) is 4.68 Å². The van der Waals surface area contributed by atoms with E-state index in [1.165, 1.54) is 24.3 Å². The van der Waals surface area contributed by atoms with Gasteiger partial charge in [-0.1, -0.05) is 18.2 Å². The van der Waals surface area contributed by atoms with Gasteiger partial charge >= 0.3 is 0 Å². The molecule has 0 aliphatic rings. The molecule has 2 aromatic carbocycles. The Morgan fingerprint density at radius 3 is 1.96 bits per heavy atom. The molecule has 0 amide bonds. The van der Waals surface area contributed by atoms with Crippen LogP contribution in [-0.2, 0) is 28.7 Å². The Balaban J connectivity index is 0.000000380. The van der Waals surface area contributed by atoms with Crippen LogP contribution < -0.4 is 4.68 Å². The van der Waals surface area contributed by atoms with Crippen LogP contribution in [0.1, 0.15) is 0 Å². The van der Waals surface area contributed by atoms with Crippen LogP contribution in [0.25, 0.3) is 22.5 Å². The molecule has 1 heterocycles. The Labute approximate surface area is 156 Å². The average molecular weight is 396 g/mol. The summed E-state index contributed by atoms with van der Waals surface area (Å²) in [5.41, 5.74) is 3.32.